The minimum Gasteiger partial charge on any atom is -0.494 e. The number of methoxy groups -OCH3 is 1. The van der Waals surface area contributed by atoms with E-state index in [1.54, 1.807) is 35.6 Å². The topological polar surface area (TPSA) is 116 Å². The monoisotopic (exact) mass is 609 g/mol. The van der Waals surface area contributed by atoms with E-state index in [1.165, 1.54) is 31.6 Å². The zero-order chi connectivity index (χ0) is 30.5. The summed E-state index contributed by atoms with van der Waals surface area (Å²) in [6, 6.07) is 4.06. The van der Waals surface area contributed by atoms with Crippen molar-refractivity contribution >= 4 is 29.2 Å². The molecule has 1 amide bonds. The van der Waals surface area contributed by atoms with Crippen molar-refractivity contribution in [2.24, 2.45) is 0 Å². The number of carbonyl (C=O) groups excluding carboxylic acids is 1. The largest absolute Gasteiger partial charge is 0.494 e. The average molecular weight is 610 g/mol. The van der Waals surface area contributed by atoms with Crippen LogP contribution in [0.25, 0.3) is 11.5 Å². The fourth-order valence-electron chi connectivity index (χ4n) is 4.80. The van der Waals surface area contributed by atoms with Crippen molar-refractivity contribution in [3.05, 3.63) is 70.8 Å². The molecule has 0 spiro atoms. The molecule has 0 saturated heterocycles. The van der Waals surface area contributed by atoms with Gasteiger partial charge in [0.1, 0.15) is 23.1 Å². The summed E-state index contributed by atoms with van der Waals surface area (Å²) in [7, 11) is 1.50. The number of hydrogen-bond acceptors (Lipinski definition) is 9. The van der Waals surface area contributed by atoms with Crippen molar-refractivity contribution in [1.29, 1.82) is 0 Å². The number of nitrogens with zero attached hydrogens (tertiary/aromatic N) is 5. The first-order valence-corrected chi connectivity index (χ1v) is 15.3. The number of benzene rings is 1. The fraction of sp³-hybridized carbons (Fsp3) is 0.367. The summed E-state index contributed by atoms with van der Waals surface area (Å²) >= 11 is 1.63. The van der Waals surface area contributed by atoms with Crippen LogP contribution in [-0.2, 0) is 6.54 Å². The molecule has 5 rings (SSSR count). The van der Waals surface area contributed by atoms with Crippen molar-refractivity contribution in [1.82, 2.24) is 30.0 Å². The van der Waals surface area contributed by atoms with Gasteiger partial charge in [-0.3, -0.25) is 14.5 Å². The van der Waals surface area contributed by atoms with Gasteiger partial charge in [0.2, 0.25) is 0 Å². The number of pyridine rings is 1. The number of nitrogens with one attached hydrogen (secondary N) is 2. The van der Waals surface area contributed by atoms with Crippen LogP contribution in [0.1, 0.15) is 52.9 Å². The van der Waals surface area contributed by atoms with E-state index in [2.05, 4.69) is 20.6 Å². The molecule has 0 atom stereocenters. The summed E-state index contributed by atoms with van der Waals surface area (Å²) in [6.07, 6.45) is 8.46. The zero-order valence-electron chi connectivity index (χ0n) is 24.4. The maximum atomic E-state index is 15.0. The summed E-state index contributed by atoms with van der Waals surface area (Å²) in [5.74, 6) is 0.469. The van der Waals surface area contributed by atoms with Crippen LogP contribution in [0.15, 0.2) is 36.8 Å². The van der Waals surface area contributed by atoms with Crippen LogP contribution in [0.3, 0.4) is 0 Å². The average Bonchev–Trinajstić information content (AvgIpc) is 3.78. The SMILES string of the molecule is CCOc1cc(F)c(Cn2nc(-c3ncc(OC)c(Nc4ccncc4C(=O)NCCSC)n3)c(C)c2C2CC2)c(F)c1. The van der Waals surface area contributed by atoms with Gasteiger partial charge in [-0.1, -0.05) is 0 Å². The first kappa shape index (κ1) is 30.2. The van der Waals surface area contributed by atoms with Crippen LogP contribution in [0.4, 0.5) is 20.3 Å². The molecule has 1 fully saturated rings. The first-order chi connectivity index (χ1) is 20.8. The van der Waals surface area contributed by atoms with Gasteiger partial charge in [0.25, 0.3) is 5.91 Å². The second kappa shape index (κ2) is 13.4. The zero-order valence-corrected chi connectivity index (χ0v) is 25.2. The molecule has 0 bridgehead atoms. The molecule has 1 aliphatic rings. The number of hydrogen-bond donors (Lipinski definition) is 2. The van der Waals surface area contributed by atoms with Crippen molar-refractivity contribution in [3.63, 3.8) is 0 Å². The summed E-state index contributed by atoms with van der Waals surface area (Å²) in [6.45, 7) is 4.40. The van der Waals surface area contributed by atoms with Crippen LogP contribution in [0, 0.1) is 18.6 Å². The third-order valence-electron chi connectivity index (χ3n) is 7.03. The molecular formula is C30H33F2N7O3S. The van der Waals surface area contributed by atoms with E-state index in [9.17, 15) is 13.6 Å². The number of ether oxygens (including phenoxy) is 2. The van der Waals surface area contributed by atoms with Crippen molar-refractivity contribution in [2.45, 2.75) is 39.2 Å². The van der Waals surface area contributed by atoms with E-state index in [-0.39, 0.29) is 29.7 Å². The highest BCUT2D eigenvalue weighted by atomic mass is 32.2. The van der Waals surface area contributed by atoms with E-state index in [0.717, 1.165) is 29.9 Å². The Morgan fingerprint density at radius 2 is 1.98 bits per heavy atom. The summed E-state index contributed by atoms with van der Waals surface area (Å²) in [5.41, 5.74) is 2.96. The molecule has 1 aromatic carbocycles. The fourth-order valence-corrected chi connectivity index (χ4v) is 5.11. The number of anilines is 2. The van der Waals surface area contributed by atoms with E-state index in [1.807, 2.05) is 13.2 Å². The highest BCUT2D eigenvalue weighted by molar-refractivity contribution is 7.98. The molecule has 226 valence electrons. The number of thioether (sulfide) groups is 1. The minimum atomic E-state index is -0.697. The molecule has 0 radical (unpaired) electrons. The van der Waals surface area contributed by atoms with Crippen LogP contribution in [-0.4, -0.2) is 62.9 Å². The lowest BCUT2D eigenvalue weighted by Gasteiger charge is -2.14. The van der Waals surface area contributed by atoms with Gasteiger partial charge in [0.15, 0.2) is 17.4 Å². The molecule has 43 heavy (non-hydrogen) atoms. The molecule has 1 saturated carbocycles. The standard InChI is InChI=1S/C30H33F2N7O3S/c1-5-42-19-12-22(31)21(23(32)13-19)16-39-27(18-6-7-18)17(2)26(38-39)29-35-15-25(41-3)28(37-29)36-24-8-9-33-14-20(24)30(40)34-10-11-43-4/h8-9,12-15,18H,5-7,10-11,16H2,1-4H3,(H,34,40)(H,33,35,36,37). The predicted octanol–water partition coefficient (Wildman–Crippen LogP) is 5.49. The van der Waals surface area contributed by atoms with Gasteiger partial charge in [-0.2, -0.15) is 16.9 Å². The summed E-state index contributed by atoms with van der Waals surface area (Å²) < 4.78 is 42.4. The van der Waals surface area contributed by atoms with Gasteiger partial charge in [0.05, 0.1) is 37.7 Å². The quantitative estimate of drug-likeness (QED) is 0.190. The van der Waals surface area contributed by atoms with Gasteiger partial charge in [-0.25, -0.2) is 18.7 Å². The van der Waals surface area contributed by atoms with Gasteiger partial charge >= 0.3 is 0 Å². The van der Waals surface area contributed by atoms with Crippen LogP contribution >= 0.6 is 11.8 Å². The molecule has 4 aromatic rings. The lowest BCUT2D eigenvalue weighted by atomic mass is 10.1. The number of halogens is 2. The molecule has 0 aliphatic heterocycles. The Balaban J connectivity index is 1.49. The highest BCUT2D eigenvalue weighted by Crippen LogP contribution is 2.44. The predicted molar refractivity (Wildman–Crippen MR) is 161 cm³/mol. The lowest BCUT2D eigenvalue weighted by molar-refractivity contribution is 0.0956. The van der Waals surface area contributed by atoms with E-state index in [0.29, 0.717) is 47.5 Å². The van der Waals surface area contributed by atoms with E-state index in [4.69, 9.17) is 19.6 Å². The van der Waals surface area contributed by atoms with Gasteiger partial charge < -0.3 is 20.1 Å². The third-order valence-corrected chi connectivity index (χ3v) is 7.65. The maximum absolute atomic E-state index is 15.0. The molecule has 0 unspecified atom stereocenters. The maximum Gasteiger partial charge on any atom is 0.254 e. The molecule has 3 aromatic heterocycles. The Morgan fingerprint density at radius 3 is 2.65 bits per heavy atom. The highest BCUT2D eigenvalue weighted by Gasteiger charge is 2.32. The number of rotatable bonds is 13. The van der Waals surface area contributed by atoms with Crippen molar-refractivity contribution in [3.8, 4) is 23.0 Å². The van der Waals surface area contributed by atoms with Gasteiger partial charge in [-0.15, -0.1) is 0 Å². The van der Waals surface area contributed by atoms with Crippen LogP contribution < -0.4 is 20.1 Å². The Labute approximate surface area is 252 Å². The Morgan fingerprint density at radius 1 is 1.21 bits per heavy atom. The molecule has 1 aliphatic carbocycles. The first-order valence-electron chi connectivity index (χ1n) is 13.9. The number of aromatic nitrogens is 5. The third kappa shape index (κ3) is 6.71. The summed E-state index contributed by atoms with van der Waals surface area (Å²) in [4.78, 5) is 26.1. The van der Waals surface area contributed by atoms with Gasteiger partial charge in [-0.05, 0) is 39.0 Å². The van der Waals surface area contributed by atoms with Crippen molar-refractivity contribution < 1.29 is 23.0 Å². The van der Waals surface area contributed by atoms with Crippen LogP contribution in [0.2, 0.25) is 0 Å². The van der Waals surface area contributed by atoms with Crippen molar-refractivity contribution in [2.75, 3.05) is 37.6 Å². The minimum absolute atomic E-state index is 0.0932. The molecule has 2 N–H and O–H groups in total. The Kier molecular flexibility index (Phi) is 9.39. The Hall–Kier alpha value is -4.26. The summed E-state index contributed by atoms with van der Waals surface area (Å²) in [5, 5.41) is 10.8. The van der Waals surface area contributed by atoms with E-state index < -0.39 is 11.6 Å². The molecular weight excluding hydrogens is 576 g/mol. The molecule has 10 nitrogen and oxygen atoms in total. The van der Waals surface area contributed by atoms with E-state index >= 15 is 0 Å². The number of amides is 1. The van der Waals surface area contributed by atoms with Gasteiger partial charge in [0, 0.05) is 59.6 Å². The normalized spacial score (nSPS) is 12.7. The molecule has 13 heteroatoms. The second-order valence-corrected chi connectivity index (χ2v) is 11.0. The molecule has 3 heterocycles. The second-order valence-electron chi connectivity index (χ2n) is 9.99. The van der Waals surface area contributed by atoms with Crippen LogP contribution in [0.5, 0.6) is 11.5 Å². The smallest absolute Gasteiger partial charge is 0.254 e. The number of carbonyl (C=O) groups is 1. The Bertz CT molecular complexity index is 1600. The lowest BCUT2D eigenvalue weighted by Crippen LogP contribution is -2.26.